The third-order valence-electron chi connectivity index (χ3n) is 3.26. The van der Waals surface area contributed by atoms with Crippen molar-refractivity contribution >= 4 is 17.5 Å². The standard InChI is InChI=1S/C16H11F2NO3/c17-14(18)9-22-11-7-5-10(6-8-11)19-15(20)12-3-1-2-4-13(12)16(19)21/h1-8,14H,9H2. The topological polar surface area (TPSA) is 46.6 Å². The Kier molecular flexibility index (Phi) is 3.58. The summed E-state index contributed by atoms with van der Waals surface area (Å²) in [6.07, 6.45) is -2.56. The van der Waals surface area contributed by atoms with E-state index in [4.69, 9.17) is 4.74 Å². The first-order chi connectivity index (χ1) is 10.6. The molecule has 0 saturated carbocycles. The van der Waals surface area contributed by atoms with E-state index >= 15 is 0 Å². The molecule has 0 aliphatic carbocycles. The van der Waals surface area contributed by atoms with Gasteiger partial charge in [-0.05, 0) is 36.4 Å². The number of alkyl halides is 2. The summed E-state index contributed by atoms with van der Waals surface area (Å²) < 4.78 is 29.0. The van der Waals surface area contributed by atoms with Crippen LogP contribution in [0.4, 0.5) is 14.5 Å². The molecule has 0 saturated heterocycles. The summed E-state index contributed by atoms with van der Waals surface area (Å²) in [5.41, 5.74) is 1.08. The van der Waals surface area contributed by atoms with Gasteiger partial charge in [-0.3, -0.25) is 9.59 Å². The summed E-state index contributed by atoms with van der Waals surface area (Å²) in [4.78, 5) is 25.6. The van der Waals surface area contributed by atoms with Crippen molar-refractivity contribution in [3.63, 3.8) is 0 Å². The Morgan fingerprint density at radius 2 is 1.45 bits per heavy atom. The lowest BCUT2D eigenvalue weighted by molar-refractivity contribution is 0.0819. The van der Waals surface area contributed by atoms with Crippen molar-refractivity contribution in [1.82, 2.24) is 0 Å². The Labute approximate surface area is 124 Å². The van der Waals surface area contributed by atoms with Crippen LogP contribution in [-0.2, 0) is 0 Å². The normalized spacial score (nSPS) is 13.7. The summed E-state index contributed by atoms with van der Waals surface area (Å²) in [5.74, 6) is -0.552. The molecule has 3 rings (SSSR count). The number of halogens is 2. The van der Waals surface area contributed by atoms with Crippen LogP contribution in [0, 0.1) is 0 Å². The minimum atomic E-state index is -2.56. The van der Waals surface area contributed by atoms with E-state index in [2.05, 4.69) is 0 Å². The van der Waals surface area contributed by atoms with Crippen LogP contribution in [0.1, 0.15) is 20.7 Å². The van der Waals surface area contributed by atoms with Crippen LogP contribution in [0.3, 0.4) is 0 Å². The molecule has 6 heteroatoms. The predicted octanol–water partition coefficient (Wildman–Crippen LogP) is 3.13. The number of imide groups is 1. The number of rotatable bonds is 4. The van der Waals surface area contributed by atoms with Gasteiger partial charge in [0.2, 0.25) is 0 Å². The fourth-order valence-corrected chi connectivity index (χ4v) is 2.27. The van der Waals surface area contributed by atoms with Gasteiger partial charge < -0.3 is 4.74 Å². The Balaban J connectivity index is 1.84. The van der Waals surface area contributed by atoms with Gasteiger partial charge in [0, 0.05) is 0 Å². The van der Waals surface area contributed by atoms with Crippen LogP contribution in [0.2, 0.25) is 0 Å². The van der Waals surface area contributed by atoms with Crippen molar-refractivity contribution in [3.05, 3.63) is 59.7 Å². The predicted molar refractivity (Wildman–Crippen MR) is 75.5 cm³/mol. The monoisotopic (exact) mass is 303 g/mol. The zero-order valence-corrected chi connectivity index (χ0v) is 11.3. The molecule has 112 valence electrons. The van der Waals surface area contributed by atoms with Crippen molar-refractivity contribution in [2.75, 3.05) is 11.5 Å². The summed E-state index contributed by atoms with van der Waals surface area (Å²) in [6.45, 7) is -0.702. The number of amides is 2. The first-order valence-corrected chi connectivity index (χ1v) is 6.57. The van der Waals surface area contributed by atoms with Crippen molar-refractivity contribution in [2.45, 2.75) is 6.43 Å². The zero-order chi connectivity index (χ0) is 15.7. The highest BCUT2D eigenvalue weighted by Gasteiger charge is 2.36. The number of hydrogen-bond donors (Lipinski definition) is 0. The van der Waals surface area contributed by atoms with E-state index in [9.17, 15) is 18.4 Å². The van der Waals surface area contributed by atoms with Gasteiger partial charge in [-0.25, -0.2) is 13.7 Å². The van der Waals surface area contributed by atoms with Crippen molar-refractivity contribution in [3.8, 4) is 5.75 Å². The molecular formula is C16H11F2NO3. The third kappa shape index (κ3) is 2.43. The van der Waals surface area contributed by atoms with Gasteiger partial charge in [0.15, 0.2) is 0 Å². The molecule has 0 bridgehead atoms. The van der Waals surface area contributed by atoms with E-state index in [1.54, 1.807) is 24.3 Å². The van der Waals surface area contributed by atoms with E-state index in [1.165, 1.54) is 24.3 Å². The van der Waals surface area contributed by atoms with E-state index < -0.39 is 24.8 Å². The second kappa shape index (κ2) is 5.55. The van der Waals surface area contributed by atoms with Crippen LogP contribution < -0.4 is 9.64 Å². The molecule has 2 aromatic carbocycles. The number of benzene rings is 2. The Bertz CT molecular complexity index is 693. The van der Waals surface area contributed by atoms with Crippen LogP contribution in [-0.4, -0.2) is 24.8 Å². The SMILES string of the molecule is O=C1c2ccccc2C(=O)N1c1ccc(OCC(F)F)cc1. The molecule has 1 aliphatic rings. The van der Waals surface area contributed by atoms with Crippen molar-refractivity contribution in [2.24, 2.45) is 0 Å². The van der Waals surface area contributed by atoms with E-state index in [1.807, 2.05) is 0 Å². The molecule has 0 spiro atoms. The third-order valence-corrected chi connectivity index (χ3v) is 3.26. The quantitative estimate of drug-likeness (QED) is 0.815. The highest BCUT2D eigenvalue weighted by Crippen LogP contribution is 2.29. The average molecular weight is 303 g/mol. The Morgan fingerprint density at radius 3 is 1.95 bits per heavy atom. The molecule has 1 aliphatic heterocycles. The summed E-state index contributed by atoms with van der Waals surface area (Å²) in [7, 11) is 0. The molecule has 0 radical (unpaired) electrons. The lowest BCUT2D eigenvalue weighted by atomic mass is 10.1. The summed E-state index contributed by atoms with van der Waals surface area (Å²) in [5, 5.41) is 0. The van der Waals surface area contributed by atoms with E-state index in [0.29, 0.717) is 16.8 Å². The molecule has 22 heavy (non-hydrogen) atoms. The van der Waals surface area contributed by atoms with Crippen LogP contribution in [0.25, 0.3) is 0 Å². The molecule has 0 N–H and O–H groups in total. The minimum Gasteiger partial charge on any atom is -0.488 e. The van der Waals surface area contributed by atoms with Gasteiger partial charge in [-0.1, -0.05) is 12.1 Å². The highest BCUT2D eigenvalue weighted by molar-refractivity contribution is 6.34. The molecule has 4 nitrogen and oxygen atoms in total. The smallest absolute Gasteiger partial charge is 0.272 e. The lowest BCUT2D eigenvalue weighted by Gasteiger charge is -2.14. The second-order valence-electron chi connectivity index (χ2n) is 4.69. The van der Waals surface area contributed by atoms with Gasteiger partial charge in [-0.15, -0.1) is 0 Å². The first kappa shape index (κ1) is 14.2. The maximum atomic E-state index is 12.3. The molecule has 0 unspecified atom stereocenters. The number of nitrogens with zero attached hydrogens (tertiary/aromatic N) is 1. The van der Waals surface area contributed by atoms with Crippen molar-refractivity contribution in [1.29, 1.82) is 0 Å². The number of carbonyl (C=O) groups excluding carboxylic acids is 2. The minimum absolute atomic E-state index is 0.251. The number of carbonyl (C=O) groups is 2. The molecule has 0 fully saturated rings. The van der Waals surface area contributed by atoms with Gasteiger partial charge in [-0.2, -0.15) is 0 Å². The Hall–Kier alpha value is -2.76. The molecule has 2 aromatic rings. The average Bonchev–Trinajstić information content (AvgIpc) is 2.78. The number of anilines is 1. The lowest BCUT2D eigenvalue weighted by Crippen LogP contribution is -2.29. The molecular weight excluding hydrogens is 292 g/mol. The summed E-state index contributed by atoms with van der Waals surface area (Å²) in [6, 6.07) is 12.4. The fourth-order valence-electron chi connectivity index (χ4n) is 2.27. The van der Waals surface area contributed by atoms with Gasteiger partial charge >= 0.3 is 0 Å². The molecule has 0 aromatic heterocycles. The van der Waals surface area contributed by atoms with Crippen LogP contribution in [0.15, 0.2) is 48.5 Å². The van der Waals surface area contributed by atoms with Gasteiger partial charge in [0.25, 0.3) is 18.2 Å². The maximum Gasteiger partial charge on any atom is 0.272 e. The zero-order valence-electron chi connectivity index (χ0n) is 11.3. The number of fused-ring (bicyclic) bond motifs is 1. The van der Waals surface area contributed by atoms with E-state index in [0.717, 1.165) is 4.90 Å². The number of ether oxygens (including phenoxy) is 1. The number of hydrogen-bond acceptors (Lipinski definition) is 3. The van der Waals surface area contributed by atoms with Crippen molar-refractivity contribution < 1.29 is 23.1 Å². The van der Waals surface area contributed by atoms with Crippen LogP contribution in [0.5, 0.6) is 5.75 Å². The molecule has 0 atom stereocenters. The largest absolute Gasteiger partial charge is 0.488 e. The maximum absolute atomic E-state index is 12.3. The first-order valence-electron chi connectivity index (χ1n) is 6.57. The summed E-state index contributed by atoms with van der Waals surface area (Å²) >= 11 is 0. The Morgan fingerprint density at radius 1 is 0.909 bits per heavy atom. The fraction of sp³-hybridized carbons (Fsp3) is 0.125. The van der Waals surface area contributed by atoms with Crippen LogP contribution >= 0.6 is 0 Å². The molecule has 1 heterocycles. The second-order valence-corrected chi connectivity index (χ2v) is 4.69. The van der Waals surface area contributed by atoms with E-state index in [-0.39, 0.29) is 5.75 Å². The van der Waals surface area contributed by atoms with Gasteiger partial charge in [0.05, 0.1) is 16.8 Å². The molecule has 2 amide bonds. The highest BCUT2D eigenvalue weighted by atomic mass is 19.3. The van der Waals surface area contributed by atoms with Gasteiger partial charge in [0.1, 0.15) is 12.4 Å².